The van der Waals surface area contributed by atoms with Crippen LogP contribution in [0, 0.1) is 6.92 Å². The number of hydrogen-bond acceptors (Lipinski definition) is 2. The molecule has 1 aromatic rings. The normalized spacial score (nSPS) is 21.6. The van der Waals surface area contributed by atoms with Crippen LogP contribution in [0.4, 0.5) is 0 Å². The minimum absolute atomic E-state index is 0.464. The molecule has 0 bridgehead atoms. The molecule has 1 aliphatic rings. The van der Waals surface area contributed by atoms with Crippen molar-refractivity contribution in [1.82, 2.24) is 0 Å². The zero-order valence-electron chi connectivity index (χ0n) is 8.66. The van der Waals surface area contributed by atoms with Crippen LogP contribution in [0.2, 0.25) is 0 Å². The molecule has 1 aliphatic heterocycles. The highest BCUT2D eigenvalue weighted by molar-refractivity contribution is 5.03. The lowest BCUT2D eigenvalue weighted by Crippen LogP contribution is -2.84. The van der Waals surface area contributed by atoms with Crippen molar-refractivity contribution in [2.75, 3.05) is 13.2 Å². The van der Waals surface area contributed by atoms with Crippen LogP contribution < -0.4 is 5.32 Å². The Kier molecular flexibility index (Phi) is 3.22. The first-order valence-electron chi connectivity index (χ1n) is 5.33. The molecule has 2 N–H and O–H groups in total. The Morgan fingerprint density at radius 1 is 1.50 bits per heavy atom. The van der Waals surface area contributed by atoms with Gasteiger partial charge in [-0.1, -0.05) is 0 Å². The summed E-state index contributed by atoms with van der Waals surface area (Å²) >= 11 is 0. The van der Waals surface area contributed by atoms with Crippen molar-refractivity contribution in [3.05, 3.63) is 23.7 Å². The number of nitrogens with two attached hydrogens (primary N) is 1. The third-order valence-electron chi connectivity index (χ3n) is 2.60. The van der Waals surface area contributed by atoms with Gasteiger partial charge in [-0.05, 0) is 31.9 Å². The zero-order valence-corrected chi connectivity index (χ0v) is 8.66. The van der Waals surface area contributed by atoms with Gasteiger partial charge in [-0.3, -0.25) is 0 Å². The molecule has 78 valence electrons. The SMILES string of the molecule is Cc1ccc(C[NH2+]C[C@@H]2CCCO2)o1. The lowest BCUT2D eigenvalue weighted by Gasteiger charge is -2.06. The van der Waals surface area contributed by atoms with Gasteiger partial charge >= 0.3 is 0 Å². The summed E-state index contributed by atoms with van der Waals surface area (Å²) in [7, 11) is 0. The largest absolute Gasteiger partial charge is 0.460 e. The van der Waals surface area contributed by atoms with E-state index in [2.05, 4.69) is 5.32 Å². The molecule has 2 heterocycles. The highest BCUT2D eigenvalue weighted by atomic mass is 16.5. The van der Waals surface area contributed by atoms with E-state index in [4.69, 9.17) is 9.15 Å². The Balaban J connectivity index is 1.67. The minimum atomic E-state index is 0.464. The molecular weight excluding hydrogens is 178 g/mol. The summed E-state index contributed by atoms with van der Waals surface area (Å²) in [5, 5.41) is 2.26. The number of rotatable bonds is 4. The summed E-state index contributed by atoms with van der Waals surface area (Å²) < 4.78 is 11.0. The molecule has 1 atom stereocenters. The monoisotopic (exact) mass is 196 g/mol. The van der Waals surface area contributed by atoms with E-state index < -0.39 is 0 Å². The fraction of sp³-hybridized carbons (Fsp3) is 0.636. The van der Waals surface area contributed by atoms with E-state index in [0.717, 1.165) is 31.2 Å². The molecule has 1 saturated heterocycles. The summed E-state index contributed by atoms with van der Waals surface area (Å²) in [6, 6.07) is 4.05. The van der Waals surface area contributed by atoms with Crippen molar-refractivity contribution in [2.45, 2.75) is 32.4 Å². The van der Waals surface area contributed by atoms with Crippen LogP contribution in [-0.4, -0.2) is 19.3 Å². The van der Waals surface area contributed by atoms with Crippen molar-refractivity contribution < 1.29 is 14.5 Å². The molecule has 3 heteroatoms. The van der Waals surface area contributed by atoms with Crippen molar-refractivity contribution in [2.24, 2.45) is 0 Å². The second-order valence-electron chi connectivity index (χ2n) is 3.88. The fourth-order valence-electron chi connectivity index (χ4n) is 1.84. The first-order chi connectivity index (χ1) is 6.84. The summed E-state index contributed by atoms with van der Waals surface area (Å²) in [4.78, 5) is 0. The van der Waals surface area contributed by atoms with E-state index >= 15 is 0 Å². The van der Waals surface area contributed by atoms with Gasteiger partial charge in [0.1, 0.15) is 25.0 Å². The molecule has 0 aliphatic carbocycles. The van der Waals surface area contributed by atoms with Crippen LogP contribution in [0.5, 0.6) is 0 Å². The number of hydrogen-bond donors (Lipinski definition) is 1. The van der Waals surface area contributed by atoms with Crippen LogP contribution in [-0.2, 0) is 11.3 Å². The number of ether oxygens (including phenoxy) is 1. The van der Waals surface area contributed by atoms with E-state index in [0.29, 0.717) is 6.10 Å². The predicted octanol–water partition coefficient (Wildman–Crippen LogP) is 0.830. The number of quaternary nitrogens is 1. The molecule has 3 nitrogen and oxygen atoms in total. The van der Waals surface area contributed by atoms with Gasteiger partial charge in [-0.25, -0.2) is 0 Å². The van der Waals surface area contributed by atoms with Crippen LogP contribution in [0.1, 0.15) is 24.4 Å². The molecule has 14 heavy (non-hydrogen) atoms. The summed E-state index contributed by atoms with van der Waals surface area (Å²) in [6.07, 6.45) is 2.90. The predicted molar refractivity (Wildman–Crippen MR) is 52.9 cm³/mol. The van der Waals surface area contributed by atoms with Crippen LogP contribution in [0.15, 0.2) is 16.5 Å². The smallest absolute Gasteiger partial charge is 0.158 e. The van der Waals surface area contributed by atoms with Crippen molar-refractivity contribution in [1.29, 1.82) is 0 Å². The quantitative estimate of drug-likeness (QED) is 0.774. The standard InChI is InChI=1S/C11H17NO2/c1-9-4-5-11(14-9)8-12-7-10-3-2-6-13-10/h4-5,10,12H,2-3,6-8H2,1H3/p+1/t10-/m0/s1. The van der Waals surface area contributed by atoms with E-state index in [1.54, 1.807) is 0 Å². The minimum Gasteiger partial charge on any atom is -0.460 e. The molecule has 0 aromatic carbocycles. The first-order valence-corrected chi connectivity index (χ1v) is 5.33. The second-order valence-corrected chi connectivity index (χ2v) is 3.88. The molecule has 0 amide bonds. The highest BCUT2D eigenvalue weighted by Gasteiger charge is 2.16. The van der Waals surface area contributed by atoms with E-state index in [1.807, 2.05) is 19.1 Å². The second kappa shape index (κ2) is 4.62. The van der Waals surface area contributed by atoms with Gasteiger partial charge in [-0.2, -0.15) is 0 Å². The average molecular weight is 196 g/mol. The topological polar surface area (TPSA) is 39.0 Å². The molecule has 1 fully saturated rings. The van der Waals surface area contributed by atoms with Gasteiger partial charge in [0.05, 0.1) is 0 Å². The maximum absolute atomic E-state index is 5.53. The van der Waals surface area contributed by atoms with E-state index in [1.165, 1.54) is 12.8 Å². The van der Waals surface area contributed by atoms with Gasteiger partial charge in [-0.15, -0.1) is 0 Å². The van der Waals surface area contributed by atoms with Crippen molar-refractivity contribution in [3.63, 3.8) is 0 Å². The van der Waals surface area contributed by atoms with Gasteiger partial charge in [0.25, 0.3) is 0 Å². The fourth-order valence-corrected chi connectivity index (χ4v) is 1.84. The van der Waals surface area contributed by atoms with Gasteiger partial charge in [0.15, 0.2) is 5.76 Å². The maximum Gasteiger partial charge on any atom is 0.158 e. The molecular formula is C11H18NO2+. The first kappa shape index (κ1) is 9.74. The number of furan rings is 1. The molecule has 0 radical (unpaired) electrons. The van der Waals surface area contributed by atoms with E-state index in [-0.39, 0.29) is 0 Å². The van der Waals surface area contributed by atoms with Gasteiger partial charge in [0.2, 0.25) is 0 Å². The van der Waals surface area contributed by atoms with Gasteiger partial charge in [0, 0.05) is 6.61 Å². The Bertz CT molecular complexity index is 277. The Morgan fingerprint density at radius 2 is 2.43 bits per heavy atom. The van der Waals surface area contributed by atoms with Crippen molar-refractivity contribution >= 4 is 0 Å². The zero-order chi connectivity index (χ0) is 9.80. The van der Waals surface area contributed by atoms with Crippen molar-refractivity contribution in [3.8, 4) is 0 Å². The van der Waals surface area contributed by atoms with Crippen LogP contribution >= 0.6 is 0 Å². The summed E-state index contributed by atoms with van der Waals surface area (Å²) in [5.74, 6) is 2.05. The average Bonchev–Trinajstić information content (AvgIpc) is 2.77. The van der Waals surface area contributed by atoms with Gasteiger partial charge < -0.3 is 14.5 Å². The lowest BCUT2D eigenvalue weighted by molar-refractivity contribution is -0.677. The summed E-state index contributed by atoms with van der Waals surface area (Å²) in [5.41, 5.74) is 0. The molecule has 0 unspecified atom stereocenters. The lowest BCUT2D eigenvalue weighted by atomic mass is 10.2. The molecule has 0 spiro atoms. The number of aryl methyl sites for hydroxylation is 1. The highest BCUT2D eigenvalue weighted by Crippen LogP contribution is 2.09. The summed E-state index contributed by atoms with van der Waals surface area (Å²) in [6.45, 7) is 4.90. The van der Waals surface area contributed by atoms with Crippen LogP contribution in [0.3, 0.4) is 0 Å². The van der Waals surface area contributed by atoms with Crippen LogP contribution in [0.25, 0.3) is 0 Å². The third-order valence-corrected chi connectivity index (χ3v) is 2.60. The Labute approximate surface area is 84.4 Å². The maximum atomic E-state index is 5.53. The third kappa shape index (κ3) is 2.59. The Morgan fingerprint density at radius 3 is 3.07 bits per heavy atom. The Hall–Kier alpha value is -0.800. The molecule has 0 saturated carbocycles. The molecule has 2 rings (SSSR count). The molecule has 1 aromatic heterocycles. The van der Waals surface area contributed by atoms with E-state index in [9.17, 15) is 0 Å².